The van der Waals surface area contributed by atoms with Crippen molar-refractivity contribution in [1.82, 2.24) is 0 Å². The highest BCUT2D eigenvalue weighted by Crippen LogP contribution is 2.62. The SMILES string of the molecule is COc1cc2c(c(OC)c1)[C@H]1N(C)c3ccccc3[C@@]1(C/C=C\c1ccccc1)C2. The lowest BCUT2D eigenvalue weighted by Crippen LogP contribution is -2.32. The molecule has 3 heteroatoms. The summed E-state index contributed by atoms with van der Waals surface area (Å²) >= 11 is 0. The Morgan fingerprint density at radius 3 is 2.53 bits per heavy atom. The molecule has 0 saturated carbocycles. The van der Waals surface area contributed by atoms with E-state index in [-0.39, 0.29) is 11.5 Å². The van der Waals surface area contributed by atoms with Gasteiger partial charge in [-0.05, 0) is 41.7 Å². The molecule has 0 unspecified atom stereocenters. The first-order valence-corrected chi connectivity index (χ1v) is 10.5. The molecule has 0 N–H and O–H groups in total. The van der Waals surface area contributed by atoms with E-state index in [4.69, 9.17) is 9.47 Å². The fourth-order valence-electron chi connectivity index (χ4n) is 5.52. The van der Waals surface area contributed by atoms with Crippen LogP contribution in [0.4, 0.5) is 5.69 Å². The van der Waals surface area contributed by atoms with Crippen LogP contribution >= 0.6 is 0 Å². The number of likely N-dealkylation sites (N-methyl/N-ethyl adjacent to an activating group) is 1. The van der Waals surface area contributed by atoms with Gasteiger partial charge < -0.3 is 14.4 Å². The van der Waals surface area contributed by atoms with Crippen LogP contribution in [0.15, 0.2) is 72.8 Å². The predicted molar refractivity (Wildman–Crippen MR) is 123 cm³/mol. The van der Waals surface area contributed by atoms with Crippen LogP contribution < -0.4 is 14.4 Å². The molecule has 3 aromatic carbocycles. The van der Waals surface area contributed by atoms with Crippen LogP contribution in [-0.2, 0) is 11.8 Å². The van der Waals surface area contributed by atoms with Crippen molar-refractivity contribution in [3.8, 4) is 11.5 Å². The first-order valence-electron chi connectivity index (χ1n) is 10.5. The van der Waals surface area contributed by atoms with Crippen molar-refractivity contribution in [2.45, 2.75) is 24.3 Å². The number of methoxy groups -OCH3 is 2. The van der Waals surface area contributed by atoms with Gasteiger partial charge in [0.05, 0.1) is 20.3 Å². The maximum absolute atomic E-state index is 5.85. The van der Waals surface area contributed by atoms with Crippen molar-refractivity contribution in [3.05, 3.63) is 95.1 Å². The van der Waals surface area contributed by atoms with E-state index in [0.717, 1.165) is 24.3 Å². The summed E-state index contributed by atoms with van der Waals surface area (Å²) in [5.74, 6) is 1.78. The van der Waals surface area contributed by atoms with Crippen molar-refractivity contribution < 1.29 is 9.47 Å². The van der Waals surface area contributed by atoms with E-state index in [1.807, 2.05) is 6.07 Å². The third-order valence-corrected chi connectivity index (χ3v) is 6.76. The quantitative estimate of drug-likeness (QED) is 0.544. The smallest absolute Gasteiger partial charge is 0.128 e. The number of rotatable bonds is 5. The van der Waals surface area contributed by atoms with Gasteiger partial charge in [-0.2, -0.15) is 0 Å². The summed E-state index contributed by atoms with van der Waals surface area (Å²) < 4.78 is 11.4. The summed E-state index contributed by atoms with van der Waals surface area (Å²) in [5, 5.41) is 0. The Morgan fingerprint density at radius 2 is 1.77 bits per heavy atom. The molecule has 0 aromatic heterocycles. The second-order valence-electron chi connectivity index (χ2n) is 8.28. The lowest BCUT2D eigenvalue weighted by molar-refractivity contribution is 0.373. The van der Waals surface area contributed by atoms with Crippen molar-refractivity contribution in [2.24, 2.45) is 0 Å². The van der Waals surface area contributed by atoms with E-state index in [9.17, 15) is 0 Å². The zero-order chi connectivity index (χ0) is 20.7. The van der Waals surface area contributed by atoms with Gasteiger partial charge in [-0.15, -0.1) is 0 Å². The lowest BCUT2D eigenvalue weighted by Gasteiger charge is -2.32. The average molecular weight is 398 g/mol. The maximum atomic E-state index is 5.85. The average Bonchev–Trinajstić information content (AvgIpc) is 3.24. The summed E-state index contributed by atoms with van der Waals surface area (Å²) in [6, 6.07) is 23.8. The minimum atomic E-state index is -0.0153. The zero-order valence-corrected chi connectivity index (χ0v) is 17.8. The van der Waals surface area contributed by atoms with Gasteiger partial charge >= 0.3 is 0 Å². The Labute approximate surface area is 178 Å². The lowest BCUT2D eigenvalue weighted by atomic mass is 9.74. The highest BCUT2D eigenvalue weighted by molar-refractivity contribution is 5.71. The maximum Gasteiger partial charge on any atom is 0.128 e. The second kappa shape index (κ2) is 7.24. The van der Waals surface area contributed by atoms with Gasteiger partial charge in [0, 0.05) is 29.8 Å². The molecule has 0 bridgehead atoms. The van der Waals surface area contributed by atoms with Crippen molar-refractivity contribution in [1.29, 1.82) is 0 Å². The van der Waals surface area contributed by atoms with Crippen molar-refractivity contribution >= 4 is 11.8 Å². The van der Waals surface area contributed by atoms with Crippen LogP contribution in [-0.4, -0.2) is 21.3 Å². The standard InChI is InChI=1S/C27H27NO2/c1-28-23-14-8-7-13-22(23)27(15-9-12-19-10-5-4-6-11-19)18-20-16-21(29-2)17-24(30-3)25(20)26(27)28/h4-14,16-17,26H,15,18H2,1-3H3/b12-9-/t26-,27-/m1/s1. The van der Waals surface area contributed by atoms with Gasteiger partial charge in [-0.25, -0.2) is 0 Å². The molecule has 0 radical (unpaired) electrons. The van der Waals surface area contributed by atoms with E-state index in [0.29, 0.717) is 0 Å². The molecule has 0 amide bonds. The molecule has 1 heterocycles. The van der Waals surface area contributed by atoms with Crippen molar-refractivity contribution in [2.75, 3.05) is 26.2 Å². The Bertz CT molecular complexity index is 1110. The van der Waals surface area contributed by atoms with Gasteiger partial charge in [0.25, 0.3) is 0 Å². The molecule has 0 spiro atoms. The molecule has 30 heavy (non-hydrogen) atoms. The Kier molecular flexibility index (Phi) is 4.54. The normalized spacial score (nSPS) is 21.4. The summed E-state index contributed by atoms with van der Waals surface area (Å²) in [5.41, 5.74) is 6.58. The van der Waals surface area contributed by atoms with E-state index in [1.165, 1.54) is 27.9 Å². The second-order valence-corrected chi connectivity index (χ2v) is 8.28. The number of allylic oxidation sites excluding steroid dienone is 1. The number of para-hydroxylation sites is 1. The van der Waals surface area contributed by atoms with Gasteiger partial charge in [0.2, 0.25) is 0 Å². The fourth-order valence-corrected chi connectivity index (χ4v) is 5.52. The number of fused-ring (bicyclic) bond motifs is 5. The fraction of sp³-hybridized carbons (Fsp3) is 0.259. The van der Waals surface area contributed by atoms with Crippen LogP contribution in [0.2, 0.25) is 0 Å². The molecular weight excluding hydrogens is 370 g/mol. The van der Waals surface area contributed by atoms with E-state index in [1.54, 1.807) is 14.2 Å². The van der Waals surface area contributed by atoms with Gasteiger partial charge in [-0.3, -0.25) is 0 Å². The summed E-state index contributed by atoms with van der Waals surface area (Å²) in [4.78, 5) is 2.44. The number of hydrogen-bond acceptors (Lipinski definition) is 3. The first kappa shape index (κ1) is 18.8. The van der Waals surface area contributed by atoms with Crippen LogP contribution in [0.25, 0.3) is 6.08 Å². The molecule has 0 fully saturated rings. The minimum absolute atomic E-state index is 0.0153. The third kappa shape index (κ3) is 2.72. The van der Waals surface area contributed by atoms with E-state index in [2.05, 4.69) is 84.8 Å². The van der Waals surface area contributed by atoms with E-state index >= 15 is 0 Å². The molecular formula is C27H27NO2. The first-order chi connectivity index (χ1) is 14.7. The highest BCUT2D eigenvalue weighted by atomic mass is 16.5. The minimum Gasteiger partial charge on any atom is -0.497 e. The third-order valence-electron chi connectivity index (χ3n) is 6.76. The molecule has 0 saturated heterocycles. The number of hydrogen-bond donors (Lipinski definition) is 0. The number of ether oxygens (including phenoxy) is 2. The molecule has 3 nitrogen and oxygen atoms in total. The Morgan fingerprint density at radius 1 is 1.00 bits per heavy atom. The van der Waals surface area contributed by atoms with Gasteiger partial charge in [-0.1, -0.05) is 60.7 Å². The van der Waals surface area contributed by atoms with Gasteiger partial charge in [0.1, 0.15) is 11.5 Å². The number of anilines is 1. The van der Waals surface area contributed by atoms with E-state index < -0.39 is 0 Å². The monoisotopic (exact) mass is 397 g/mol. The van der Waals surface area contributed by atoms with Gasteiger partial charge in [0.15, 0.2) is 0 Å². The number of nitrogens with zero attached hydrogens (tertiary/aromatic N) is 1. The molecule has 2 aliphatic rings. The molecule has 1 aliphatic carbocycles. The van der Waals surface area contributed by atoms with Crippen LogP contribution in [0, 0.1) is 0 Å². The molecule has 3 aromatic rings. The summed E-state index contributed by atoms with van der Waals surface area (Å²) in [7, 11) is 5.69. The molecule has 2 atom stereocenters. The summed E-state index contributed by atoms with van der Waals surface area (Å²) in [6.45, 7) is 0. The predicted octanol–water partition coefficient (Wildman–Crippen LogP) is 5.79. The van der Waals surface area contributed by atoms with Crippen molar-refractivity contribution in [3.63, 3.8) is 0 Å². The molecule has 1 aliphatic heterocycles. The molecule has 5 rings (SSSR count). The van der Waals surface area contributed by atoms with Crippen LogP contribution in [0.1, 0.15) is 34.7 Å². The topological polar surface area (TPSA) is 21.7 Å². The molecule has 152 valence electrons. The zero-order valence-electron chi connectivity index (χ0n) is 17.8. The van der Waals surface area contributed by atoms with Crippen LogP contribution in [0.3, 0.4) is 0 Å². The Balaban J connectivity index is 1.63. The highest BCUT2D eigenvalue weighted by Gasteiger charge is 2.55. The largest absolute Gasteiger partial charge is 0.497 e. The van der Waals surface area contributed by atoms with Crippen LogP contribution in [0.5, 0.6) is 11.5 Å². The number of benzene rings is 3. The summed E-state index contributed by atoms with van der Waals surface area (Å²) in [6.07, 6.45) is 6.52. The Hall–Kier alpha value is -3.20.